The highest BCUT2D eigenvalue weighted by Gasteiger charge is 2.07. The average molecular weight is 289 g/mol. The fourth-order valence-corrected chi connectivity index (χ4v) is 1.92. The third-order valence-electron chi connectivity index (χ3n) is 2.85. The van der Waals surface area contributed by atoms with Gasteiger partial charge in [-0.25, -0.2) is 4.68 Å². The summed E-state index contributed by atoms with van der Waals surface area (Å²) >= 11 is 6.01. The molecule has 0 fully saturated rings. The van der Waals surface area contributed by atoms with E-state index in [0.717, 1.165) is 5.56 Å². The van der Waals surface area contributed by atoms with Gasteiger partial charge in [-0.15, -0.1) is 0 Å². The minimum absolute atomic E-state index is 0.135. The summed E-state index contributed by atoms with van der Waals surface area (Å²) < 4.78 is 1.30. The van der Waals surface area contributed by atoms with Crippen LogP contribution in [0.2, 0.25) is 5.02 Å². The highest BCUT2D eigenvalue weighted by Crippen LogP contribution is 2.16. The van der Waals surface area contributed by atoms with Gasteiger partial charge in [-0.2, -0.15) is 10.4 Å². The monoisotopic (exact) mass is 288 g/mol. The molecule has 0 saturated carbocycles. The van der Waals surface area contributed by atoms with E-state index in [-0.39, 0.29) is 10.6 Å². The molecule has 0 amide bonds. The summed E-state index contributed by atoms with van der Waals surface area (Å²) in [5.41, 5.74) is 1.79. The molecule has 5 nitrogen and oxygen atoms in total. The summed E-state index contributed by atoms with van der Waals surface area (Å²) in [7, 11) is 0. The lowest BCUT2D eigenvalue weighted by atomic mass is 10.1. The molecule has 102 valence electrons. The standard InChI is InChI=1S/C14H13ClN4O/c1-2-19-14(20)13(15)12(9-18-19)17-8-11-5-3-10(7-16)4-6-11/h3-6,9,17H,2,8H2,1H3. The van der Waals surface area contributed by atoms with E-state index in [4.69, 9.17) is 16.9 Å². The van der Waals surface area contributed by atoms with Crippen LogP contribution in [0.3, 0.4) is 0 Å². The van der Waals surface area contributed by atoms with Gasteiger partial charge in [0, 0.05) is 13.1 Å². The predicted octanol–water partition coefficient (Wildman–Crippen LogP) is 2.40. The Hall–Kier alpha value is -2.32. The molecule has 1 N–H and O–H groups in total. The van der Waals surface area contributed by atoms with Crippen LogP contribution in [0.4, 0.5) is 5.69 Å². The topological polar surface area (TPSA) is 70.7 Å². The van der Waals surface area contributed by atoms with Crippen LogP contribution in [0, 0.1) is 11.3 Å². The van der Waals surface area contributed by atoms with Crippen molar-refractivity contribution in [1.29, 1.82) is 5.26 Å². The summed E-state index contributed by atoms with van der Waals surface area (Å²) in [5.74, 6) is 0. The van der Waals surface area contributed by atoms with Crippen molar-refractivity contribution >= 4 is 17.3 Å². The largest absolute Gasteiger partial charge is 0.378 e. The molecule has 0 aliphatic rings. The van der Waals surface area contributed by atoms with Crippen molar-refractivity contribution in [1.82, 2.24) is 9.78 Å². The van der Waals surface area contributed by atoms with Gasteiger partial charge in [-0.1, -0.05) is 23.7 Å². The molecular formula is C14H13ClN4O. The molecule has 0 atom stereocenters. The average Bonchev–Trinajstić information content (AvgIpc) is 2.49. The van der Waals surface area contributed by atoms with Crippen LogP contribution in [0.1, 0.15) is 18.1 Å². The maximum Gasteiger partial charge on any atom is 0.287 e. The number of halogens is 1. The zero-order chi connectivity index (χ0) is 14.5. The van der Waals surface area contributed by atoms with E-state index in [0.29, 0.717) is 24.3 Å². The van der Waals surface area contributed by atoms with Crippen molar-refractivity contribution in [3.63, 3.8) is 0 Å². The first-order valence-electron chi connectivity index (χ1n) is 6.14. The third kappa shape index (κ3) is 2.98. The number of aromatic nitrogens is 2. The molecule has 2 rings (SSSR count). The van der Waals surface area contributed by atoms with Crippen LogP contribution in [0.25, 0.3) is 0 Å². The van der Waals surface area contributed by atoms with Gasteiger partial charge < -0.3 is 5.32 Å². The number of nitriles is 1. The summed E-state index contributed by atoms with van der Waals surface area (Å²) in [6.45, 7) is 2.81. The Bertz CT molecular complexity index is 701. The van der Waals surface area contributed by atoms with Crippen molar-refractivity contribution in [2.75, 3.05) is 5.32 Å². The van der Waals surface area contributed by atoms with Crippen molar-refractivity contribution in [2.45, 2.75) is 20.0 Å². The lowest BCUT2D eigenvalue weighted by Gasteiger charge is -2.09. The maximum absolute atomic E-state index is 11.8. The van der Waals surface area contributed by atoms with E-state index in [1.165, 1.54) is 10.9 Å². The lowest BCUT2D eigenvalue weighted by Crippen LogP contribution is -2.23. The highest BCUT2D eigenvalue weighted by atomic mass is 35.5. The molecule has 0 saturated heterocycles. The lowest BCUT2D eigenvalue weighted by molar-refractivity contribution is 0.616. The quantitative estimate of drug-likeness (QED) is 0.938. The number of hydrogen-bond acceptors (Lipinski definition) is 4. The number of aryl methyl sites for hydroxylation is 1. The van der Waals surface area contributed by atoms with Crippen molar-refractivity contribution in [3.05, 3.63) is 57.0 Å². The van der Waals surface area contributed by atoms with Gasteiger partial charge in [0.05, 0.1) is 23.5 Å². The van der Waals surface area contributed by atoms with Crippen LogP contribution < -0.4 is 10.9 Å². The second-order valence-electron chi connectivity index (χ2n) is 4.16. The SMILES string of the molecule is CCn1ncc(NCc2ccc(C#N)cc2)c(Cl)c1=O. The minimum atomic E-state index is -0.306. The molecule has 20 heavy (non-hydrogen) atoms. The molecule has 2 aromatic rings. The number of benzene rings is 1. The minimum Gasteiger partial charge on any atom is -0.378 e. The maximum atomic E-state index is 11.8. The molecule has 0 radical (unpaired) electrons. The van der Waals surface area contributed by atoms with Gasteiger partial charge in [-0.05, 0) is 24.6 Å². The highest BCUT2D eigenvalue weighted by molar-refractivity contribution is 6.32. The van der Waals surface area contributed by atoms with E-state index >= 15 is 0 Å². The molecule has 1 aromatic carbocycles. The molecule has 0 spiro atoms. The third-order valence-corrected chi connectivity index (χ3v) is 3.22. The molecular weight excluding hydrogens is 276 g/mol. The Morgan fingerprint density at radius 3 is 2.70 bits per heavy atom. The summed E-state index contributed by atoms with van der Waals surface area (Å²) in [5, 5.41) is 15.9. The van der Waals surface area contributed by atoms with Crippen LogP contribution in [-0.4, -0.2) is 9.78 Å². The first kappa shape index (κ1) is 14.1. The zero-order valence-corrected chi connectivity index (χ0v) is 11.7. The summed E-state index contributed by atoms with van der Waals surface area (Å²) in [6, 6.07) is 9.24. The first-order valence-corrected chi connectivity index (χ1v) is 6.52. The normalized spacial score (nSPS) is 10.1. The van der Waals surface area contributed by atoms with Crippen molar-refractivity contribution in [2.24, 2.45) is 0 Å². The Balaban J connectivity index is 2.13. The Morgan fingerprint density at radius 1 is 1.40 bits per heavy atom. The number of hydrogen-bond donors (Lipinski definition) is 1. The smallest absolute Gasteiger partial charge is 0.287 e. The zero-order valence-electron chi connectivity index (χ0n) is 10.9. The number of nitrogens with one attached hydrogen (secondary N) is 1. The molecule has 1 aromatic heterocycles. The van der Waals surface area contributed by atoms with E-state index in [9.17, 15) is 4.79 Å². The van der Waals surface area contributed by atoms with E-state index < -0.39 is 0 Å². The molecule has 0 unspecified atom stereocenters. The van der Waals surface area contributed by atoms with Crippen LogP contribution in [0.15, 0.2) is 35.3 Å². The molecule has 6 heteroatoms. The van der Waals surface area contributed by atoms with Gasteiger partial charge in [0.2, 0.25) is 0 Å². The molecule has 0 bridgehead atoms. The van der Waals surface area contributed by atoms with E-state index in [2.05, 4.69) is 16.5 Å². The predicted molar refractivity (Wildman–Crippen MR) is 77.7 cm³/mol. The fraction of sp³-hybridized carbons (Fsp3) is 0.214. The van der Waals surface area contributed by atoms with Crippen LogP contribution in [0.5, 0.6) is 0 Å². The first-order chi connectivity index (χ1) is 9.65. The Labute approximate surface area is 121 Å². The second-order valence-corrected chi connectivity index (χ2v) is 4.53. The van der Waals surface area contributed by atoms with Crippen molar-refractivity contribution in [3.8, 4) is 6.07 Å². The van der Waals surface area contributed by atoms with Gasteiger partial charge >= 0.3 is 0 Å². The van der Waals surface area contributed by atoms with E-state index in [1.807, 2.05) is 19.1 Å². The molecule has 0 aliphatic carbocycles. The Morgan fingerprint density at radius 2 is 2.10 bits per heavy atom. The number of nitrogens with zero attached hydrogens (tertiary/aromatic N) is 3. The van der Waals surface area contributed by atoms with Gasteiger partial charge in [0.1, 0.15) is 5.02 Å². The van der Waals surface area contributed by atoms with Crippen LogP contribution in [-0.2, 0) is 13.1 Å². The van der Waals surface area contributed by atoms with E-state index in [1.54, 1.807) is 12.1 Å². The number of anilines is 1. The van der Waals surface area contributed by atoms with Gasteiger partial charge in [0.25, 0.3) is 5.56 Å². The van der Waals surface area contributed by atoms with Crippen LogP contribution >= 0.6 is 11.6 Å². The second kappa shape index (κ2) is 6.22. The number of rotatable bonds is 4. The Kier molecular flexibility index (Phi) is 4.38. The van der Waals surface area contributed by atoms with Gasteiger partial charge in [-0.3, -0.25) is 4.79 Å². The summed E-state index contributed by atoms with van der Waals surface area (Å²) in [4.78, 5) is 11.8. The fourth-order valence-electron chi connectivity index (χ4n) is 1.71. The van der Waals surface area contributed by atoms with Gasteiger partial charge in [0.15, 0.2) is 0 Å². The molecule has 1 heterocycles. The van der Waals surface area contributed by atoms with Crippen molar-refractivity contribution < 1.29 is 0 Å². The molecule has 0 aliphatic heterocycles. The summed E-state index contributed by atoms with van der Waals surface area (Å²) in [6.07, 6.45) is 1.54.